The van der Waals surface area contributed by atoms with Crippen molar-refractivity contribution in [3.8, 4) is 0 Å². The number of hydrogen-bond acceptors (Lipinski definition) is 1. The molecule has 0 spiro atoms. The van der Waals surface area contributed by atoms with Crippen LogP contribution in [0.1, 0.15) is 32.6 Å². The van der Waals surface area contributed by atoms with E-state index in [9.17, 15) is 0 Å². The molecule has 0 saturated heterocycles. The number of unbranched alkanes of at least 4 members (excludes halogenated alkanes) is 3. The Labute approximate surface area is 112 Å². The number of nitrogens with one attached hydrogen (secondary N) is 1. The molecule has 1 aromatic carbocycles. The number of nitrogens with zero attached hydrogens (tertiary/aromatic N) is 1. The van der Waals surface area contributed by atoms with Crippen LogP contribution in [0.2, 0.25) is 5.02 Å². The average Bonchev–Trinajstić information content (AvgIpc) is 2.61. The molecule has 0 aliphatic carbocycles. The van der Waals surface area contributed by atoms with Crippen LogP contribution in [0.15, 0.2) is 18.2 Å². The van der Waals surface area contributed by atoms with Gasteiger partial charge < -0.3 is 9.55 Å². The van der Waals surface area contributed by atoms with Crippen LogP contribution in [0.25, 0.3) is 11.0 Å². The number of hydrogen-bond donors (Lipinski definition) is 1. The topological polar surface area (TPSA) is 20.7 Å². The number of fused-ring (bicyclic) bond motifs is 1. The van der Waals surface area contributed by atoms with Gasteiger partial charge >= 0.3 is 0 Å². The molecule has 17 heavy (non-hydrogen) atoms. The molecule has 0 fully saturated rings. The van der Waals surface area contributed by atoms with Crippen molar-refractivity contribution in [1.29, 1.82) is 0 Å². The zero-order valence-electron chi connectivity index (χ0n) is 10.0. The van der Waals surface area contributed by atoms with Gasteiger partial charge in [-0.05, 0) is 36.8 Å². The number of aromatic amines is 1. The molecule has 2 rings (SSSR count). The summed E-state index contributed by atoms with van der Waals surface area (Å²) in [5, 5.41) is 0.758. The minimum Gasteiger partial charge on any atom is -0.331 e. The molecule has 2 nitrogen and oxygen atoms in total. The third-order valence-electron chi connectivity index (χ3n) is 2.97. The van der Waals surface area contributed by atoms with E-state index in [4.69, 9.17) is 23.8 Å². The fourth-order valence-electron chi connectivity index (χ4n) is 2.04. The largest absolute Gasteiger partial charge is 0.331 e. The zero-order chi connectivity index (χ0) is 12.3. The van der Waals surface area contributed by atoms with Crippen LogP contribution in [0.5, 0.6) is 0 Å². The number of halogens is 1. The van der Waals surface area contributed by atoms with Gasteiger partial charge in [0.15, 0.2) is 4.77 Å². The maximum absolute atomic E-state index is 6.02. The smallest absolute Gasteiger partial charge is 0.178 e. The average molecular weight is 269 g/mol. The summed E-state index contributed by atoms with van der Waals surface area (Å²) in [6.07, 6.45) is 4.97. The number of H-pyrrole nitrogens is 1. The second-order valence-electron chi connectivity index (χ2n) is 4.30. The fourth-order valence-corrected chi connectivity index (χ4v) is 2.51. The van der Waals surface area contributed by atoms with Crippen molar-refractivity contribution in [2.75, 3.05) is 0 Å². The molecular weight excluding hydrogens is 252 g/mol. The number of imidazole rings is 1. The zero-order valence-corrected chi connectivity index (χ0v) is 11.6. The second-order valence-corrected chi connectivity index (χ2v) is 5.13. The van der Waals surface area contributed by atoms with Gasteiger partial charge in [0, 0.05) is 11.6 Å². The normalized spacial score (nSPS) is 11.2. The SMILES string of the molecule is CCCCCCn1c(=S)[nH]c2ccc(Cl)cc21. The quantitative estimate of drug-likeness (QED) is 0.602. The highest BCUT2D eigenvalue weighted by molar-refractivity contribution is 7.71. The molecule has 0 bridgehead atoms. The van der Waals surface area contributed by atoms with E-state index in [0.29, 0.717) is 0 Å². The summed E-state index contributed by atoms with van der Waals surface area (Å²) in [5.74, 6) is 0. The molecule has 1 aromatic heterocycles. The molecule has 0 aliphatic heterocycles. The predicted molar refractivity (Wildman–Crippen MR) is 76.3 cm³/mol. The van der Waals surface area contributed by atoms with E-state index in [-0.39, 0.29) is 0 Å². The Morgan fingerprint density at radius 1 is 1.29 bits per heavy atom. The van der Waals surface area contributed by atoms with Crippen molar-refractivity contribution in [2.45, 2.75) is 39.2 Å². The molecule has 0 aliphatic rings. The molecule has 1 N–H and O–H groups in total. The lowest BCUT2D eigenvalue weighted by atomic mass is 10.2. The highest BCUT2D eigenvalue weighted by Gasteiger charge is 2.04. The van der Waals surface area contributed by atoms with Crippen molar-refractivity contribution < 1.29 is 0 Å². The third-order valence-corrected chi connectivity index (χ3v) is 3.53. The van der Waals surface area contributed by atoms with Crippen molar-refractivity contribution in [3.05, 3.63) is 28.0 Å². The van der Waals surface area contributed by atoms with E-state index in [0.717, 1.165) is 27.4 Å². The fraction of sp³-hybridized carbons (Fsp3) is 0.462. The van der Waals surface area contributed by atoms with E-state index in [1.165, 1.54) is 25.7 Å². The molecule has 0 atom stereocenters. The van der Waals surface area contributed by atoms with Crippen molar-refractivity contribution >= 4 is 34.9 Å². The first-order valence-electron chi connectivity index (χ1n) is 6.10. The van der Waals surface area contributed by atoms with Crippen LogP contribution in [0.3, 0.4) is 0 Å². The lowest BCUT2D eigenvalue weighted by molar-refractivity contribution is 0.587. The Hall–Kier alpha value is -0.800. The van der Waals surface area contributed by atoms with Gasteiger partial charge in [-0.25, -0.2) is 0 Å². The van der Waals surface area contributed by atoms with Gasteiger partial charge in [0.05, 0.1) is 11.0 Å². The van der Waals surface area contributed by atoms with Gasteiger partial charge in [0.25, 0.3) is 0 Å². The Bertz CT molecular complexity index is 556. The van der Waals surface area contributed by atoms with Crippen LogP contribution in [0, 0.1) is 4.77 Å². The van der Waals surface area contributed by atoms with Crippen LogP contribution >= 0.6 is 23.8 Å². The van der Waals surface area contributed by atoms with Crippen LogP contribution in [-0.2, 0) is 6.54 Å². The standard InChI is InChI=1S/C13H17ClN2S/c1-2-3-4-5-8-16-12-9-10(14)6-7-11(12)15-13(16)17/h6-7,9H,2-5,8H2,1H3,(H,15,17). The summed E-state index contributed by atoms with van der Waals surface area (Å²) in [6, 6.07) is 5.84. The summed E-state index contributed by atoms with van der Waals surface area (Å²) in [4.78, 5) is 3.21. The third kappa shape index (κ3) is 2.90. The summed E-state index contributed by atoms with van der Waals surface area (Å²) in [7, 11) is 0. The minimum atomic E-state index is 0.758. The van der Waals surface area contributed by atoms with Crippen LogP contribution in [0.4, 0.5) is 0 Å². The summed E-state index contributed by atoms with van der Waals surface area (Å²) >= 11 is 11.4. The van der Waals surface area contributed by atoms with E-state index in [1.807, 2.05) is 18.2 Å². The monoisotopic (exact) mass is 268 g/mol. The van der Waals surface area contributed by atoms with Gasteiger partial charge in [0.2, 0.25) is 0 Å². The summed E-state index contributed by atoms with van der Waals surface area (Å²) in [5.41, 5.74) is 2.17. The second kappa shape index (κ2) is 5.69. The molecule has 0 saturated carbocycles. The molecule has 92 valence electrons. The molecule has 0 unspecified atom stereocenters. The highest BCUT2D eigenvalue weighted by Crippen LogP contribution is 2.20. The molecule has 0 amide bonds. The maximum Gasteiger partial charge on any atom is 0.178 e. The van der Waals surface area contributed by atoms with Crippen molar-refractivity contribution in [3.63, 3.8) is 0 Å². The minimum absolute atomic E-state index is 0.758. The molecular formula is C13H17ClN2S. The lowest BCUT2D eigenvalue weighted by Gasteiger charge is -2.04. The number of aromatic nitrogens is 2. The molecule has 2 aromatic rings. The number of aryl methyl sites for hydroxylation is 1. The first-order valence-corrected chi connectivity index (χ1v) is 6.89. The summed E-state index contributed by atoms with van der Waals surface area (Å²) in [6.45, 7) is 3.19. The van der Waals surface area contributed by atoms with E-state index < -0.39 is 0 Å². The molecule has 4 heteroatoms. The van der Waals surface area contributed by atoms with Gasteiger partial charge in [0.1, 0.15) is 0 Å². The Kier molecular flexibility index (Phi) is 4.24. The maximum atomic E-state index is 6.02. The van der Waals surface area contributed by atoms with Crippen molar-refractivity contribution in [1.82, 2.24) is 9.55 Å². The van der Waals surface area contributed by atoms with Crippen molar-refractivity contribution in [2.24, 2.45) is 0 Å². The van der Waals surface area contributed by atoms with Crippen LogP contribution < -0.4 is 0 Å². The van der Waals surface area contributed by atoms with E-state index in [1.54, 1.807) is 0 Å². The van der Waals surface area contributed by atoms with Gasteiger partial charge in [-0.15, -0.1) is 0 Å². The first-order chi connectivity index (χ1) is 8.22. The number of rotatable bonds is 5. The van der Waals surface area contributed by atoms with Gasteiger partial charge in [-0.1, -0.05) is 37.8 Å². The van der Waals surface area contributed by atoms with Crippen LogP contribution in [-0.4, -0.2) is 9.55 Å². The van der Waals surface area contributed by atoms with Gasteiger partial charge in [-0.2, -0.15) is 0 Å². The highest BCUT2D eigenvalue weighted by atomic mass is 35.5. The summed E-state index contributed by atoms with van der Waals surface area (Å²) < 4.78 is 2.94. The molecule has 1 heterocycles. The molecule has 0 radical (unpaired) electrons. The first kappa shape index (κ1) is 12.7. The number of benzene rings is 1. The predicted octanol–water partition coefficient (Wildman–Crippen LogP) is 4.93. The van der Waals surface area contributed by atoms with E-state index >= 15 is 0 Å². The van der Waals surface area contributed by atoms with E-state index in [2.05, 4.69) is 16.5 Å². The van der Waals surface area contributed by atoms with Gasteiger partial charge in [-0.3, -0.25) is 0 Å². The lowest BCUT2D eigenvalue weighted by Crippen LogP contribution is -1.97. The Morgan fingerprint density at radius 3 is 2.88 bits per heavy atom. The Balaban J connectivity index is 2.23. The Morgan fingerprint density at radius 2 is 2.12 bits per heavy atom.